The molecule has 19 heavy (non-hydrogen) atoms. The van der Waals surface area contributed by atoms with E-state index in [0.717, 1.165) is 36.7 Å². The molecule has 0 aliphatic carbocycles. The molecule has 0 aromatic carbocycles. The van der Waals surface area contributed by atoms with Gasteiger partial charge in [-0.2, -0.15) is 0 Å². The molecule has 1 heterocycles. The minimum absolute atomic E-state index is 0.388. The first-order valence-corrected chi connectivity index (χ1v) is 7.17. The van der Waals surface area contributed by atoms with Crippen molar-refractivity contribution in [2.75, 3.05) is 13.2 Å². The third-order valence-corrected chi connectivity index (χ3v) is 3.58. The van der Waals surface area contributed by atoms with Crippen molar-refractivity contribution in [2.24, 2.45) is 0 Å². The minimum atomic E-state index is -0.388. The highest BCUT2D eigenvalue weighted by Crippen LogP contribution is 2.27. The Morgan fingerprint density at radius 1 is 1.11 bits per heavy atom. The van der Waals surface area contributed by atoms with E-state index in [1.54, 1.807) is 0 Å². The van der Waals surface area contributed by atoms with E-state index in [0.29, 0.717) is 6.61 Å². The molecule has 0 fully saturated rings. The Morgan fingerprint density at radius 2 is 1.68 bits per heavy atom. The van der Waals surface area contributed by atoms with Crippen molar-refractivity contribution in [3.8, 4) is 0 Å². The molecule has 108 valence electrons. The lowest BCUT2D eigenvalue weighted by molar-refractivity contribution is -0.0393. The molecule has 0 saturated carbocycles. The highest BCUT2D eigenvalue weighted by atomic mass is 16.5. The van der Waals surface area contributed by atoms with Gasteiger partial charge >= 0.3 is 0 Å². The van der Waals surface area contributed by atoms with E-state index in [9.17, 15) is 0 Å². The van der Waals surface area contributed by atoms with Crippen molar-refractivity contribution in [1.82, 2.24) is 15.3 Å². The Morgan fingerprint density at radius 3 is 2.11 bits per heavy atom. The number of hydrogen-bond acceptors (Lipinski definition) is 4. The number of hydrogen-bond donors (Lipinski definition) is 1. The summed E-state index contributed by atoms with van der Waals surface area (Å²) in [5.41, 5.74) is 2.90. The molecule has 1 aromatic rings. The number of rotatable bonds is 7. The molecule has 0 radical (unpaired) electrons. The predicted molar refractivity (Wildman–Crippen MR) is 78.2 cm³/mol. The molecule has 1 atom stereocenters. The van der Waals surface area contributed by atoms with E-state index in [-0.39, 0.29) is 5.60 Å². The van der Waals surface area contributed by atoms with Crippen molar-refractivity contribution >= 4 is 0 Å². The van der Waals surface area contributed by atoms with Gasteiger partial charge in [-0.1, -0.05) is 13.8 Å². The summed E-state index contributed by atoms with van der Waals surface area (Å²) in [5, 5.41) is 3.33. The highest BCUT2D eigenvalue weighted by molar-refractivity contribution is 5.25. The SMILES string of the molecule is CCNCc1c(C)nc(C(C)(CC)OCC)nc1C. The number of ether oxygens (including phenoxy) is 1. The zero-order valence-electron chi connectivity index (χ0n) is 13.1. The van der Waals surface area contributed by atoms with Crippen molar-refractivity contribution in [1.29, 1.82) is 0 Å². The van der Waals surface area contributed by atoms with E-state index in [1.165, 1.54) is 5.56 Å². The van der Waals surface area contributed by atoms with Crippen molar-refractivity contribution in [3.63, 3.8) is 0 Å². The van der Waals surface area contributed by atoms with Crippen LogP contribution in [-0.2, 0) is 16.9 Å². The average molecular weight is 265 g/mol. The Hall–Kier alpha value is -1.00. The van der Waals surface area contributed by atoms with E-state index in [2.05, 4.69) is 36.1 Å². The smallest absolute Gasteiger partial charge is 0.160 e. The van der Waals surface area contributed by atoms with Crippen LogP contribution >= 0.6 is 0 Å². The third-order valence-electron chi connectivity index (χ3n) is 3.58. The van der Waals surface area contributed by atoms with Crippen LogP contribution in [0, 0.1) is 13.8 Å². The van der Waals surface area contributed by atoms with E-state index in [1.807, 2.05) is 20.8 Å². The average Bonchev–Trinajstić information content (AvgIpc) is 2.37. The quantitative estimate of drug-likeness (QED) is 0.823. The predicted octanol–water partition coefficient (Wildman–Crippen LogP) is 2.86. The zero-order valence-corrected chi connectivity index (χ0v) is 13.1. The van der Waals surface area contributed by atoms with Crippen LogP contribution in [0.5, 0.6) is 0 Å². The minimum Gasteiger partial charge on any atom is -0.368 e. The molecular formula is C15H27N3O. The van der Waals surface area contributed by atoms with Crippen LogP contribution in [0.25, 0.3) is 0 Å². The summed E-state index contributed by atoms with van der Waals surface area (Å²) in [7, 11) is 0. The zero-order chi connectivity index (χ0) is 14.5. The summed E-state index contributed by atoms with van der Waals surface area (Å²) < 4.78 is 5.86. The fourth-order valence-electron chi connectivity index (χ4n) is 2.13. The van der Waals surface area contributed by atoms with Gasteiger partial charge in [0.2, 0.25) is 0 Å². The number of aryl methyl sites for hydroxylation is 2. The third kappa shape index (κ3) is 3.74. The van der Waals surface area contributed by atoms with Crippen molar-refractivity contribution < 1.29 is 4.74 Å². The number of nitrogens with zero attached hydrogens (tertiary/aromatic N) is 2. The first kappa shape index (κ1) is 16.1. The number of nitrogens with one attached hydrogen (secondary N) is 1. The van der Waals surface area contributed by atoms with Crippen molar-refractivity contribution in [2.45, 2.75) is 60.1 Å². The molecule has 0 bridgehead atoms. The van der Waals surface area contributed by atoms with E-state index >= 15 is 0 Å². The highest BCUT2D eigenvalue weighted by Gasteiger charge is 2.29. The Labute approximate surface area is 117 Å². The summed E-state index contributed by atoms with van der Waals surface area (Å²) >= 11 is 0. The van der Waals surface area contributed by atoms with Gasteiger partial charge in [-0.05, 0) is 40.7 Å². The van der Waals surface area contributed by atoms with Gasteiger partial charge in [0.05, 0.1) is 0 Å². The standard InChI is InChI=1S/C15H27N3O/c1-7-15(6,19-9-3)14-17-11(4)13(10-16-8-2)12(5)18-14/h16H,7-10H2,1-6H3. The van der Waals surface area contributed by atoms with Crippen LogP contribution in [0.1, 0.15) is 56.9 Å². The van der Waals surface area contributed by atoms with Crippen LogP contribution in [0.2, 0.25) is 0 Å². The summed E-state index contributed by atoms with van der Waals surface area (Å²) in [6.45, 7) is 14.8. The molecule has 1 N–H and O–H groups in total. The van der Waals surface area contributed by atoms with Gasteiger partial charge < -0.3 is 10.1 Å². The molecule has 0 amide bonds. The van der Waals surface area contributed by atoms with Crippen LogP contribution in [0.4, 0.5) is 0 Å². The van der Waals surface area contributed by atoms with Gasteiger partial charge in [-0.3, -0.25) is 0 Å². The lowest BCUT2D eigenvalue weighted by Gasteiger charge is -2.27. The fraction of sp³-hybridized carbons (Fsp3) is 0.733. The molecule has 1 rings (SSSR count). The molecule has 0 aliphatic heterocycles. The summed E-state index contributed by atoms with van der Waals surface area (Å²) in [6.07, 6.45) is 0.867. The Bertz CT molecular complexity index is 397. The van der Waals surface area contributed by atoms with Gasteiger partial charge in [0, 0.05) is 30.1 Å². The topological polar surface area (TPSA) is 47.0 Å². The molecule has 0 aliphatic rings. The Balaban J connectivity index is 3.12. The molecule has 4 heteroatoms. The second kappa shape index (κ2) is 6.96. The lowest BCUT2D eigenvalue weighted by Crippen LogP contribution is -2.29. The van der Waals surface area contributed by atoms with Crippen LogP contribution in [0.15, 0.2) is 0 Å². The Kier molecular flexibility index (Phi) is 5.88. The summed E-state index contributed by atoms with van der Waals surface area (Å²) in [6, 6.07) is 0. The van der Waals surface area contributed by atoms with Gasteiger partial charge in [-0.25, -0.2) is 9.97 Å². The lowest BCUT2D eigenvalue weighted by atomic mass is 10.0. The molecule has 1 aromatic heterocycles. The molecule has 1 unspecified atom stereocenters. The maximum Gasteiger partial charge on any atom is 0.160 e. The molecule has 0 spiro atoms. The second-order valence-corrected chi connectivity index (χ2v) is 4.99. The maximum absolute atomic E-state index is 5.86. The first-order valence-electron chi connectivity index (χ1n) is 7.17. The maximum atomic E-state index is 5.86. The first-order chi connectivity index (χ1) is 8.98. The number of aromatic nitrogens is 2. The van der Waals surface area contributed by atoms with Gasteiger partial charge in [0.25, 0.3) is 0 Å². The van der Waals surface area contributed by atoms with E-state index in [4.69, 9.17) is 4.74 Å². The second-order valence-electron chi connectivity index (χ2n) is 4.99. The fourth-order valence-corrected chi connectivity index (χ4v) is 2.13. The summed E-state index contributed by atoms with van der Waals surface area (Å²) in [5.74, 6) is 0.798. The van der Waals surface area contributed by atoms with E-state index < -0.39 is 0 Å². The summed E-state index contributed by atoms with van der Waals surface area (Å²) in [4.78, 5) is 9.34. The monoisotopic (exact) mass is 265 g/mol. The molecular weight excluding hydrogens is 238 g/mol. The van der Waals surface area contributed by atoms with Gasteiger partial charge in [0.1, 0.15) is 5.60 Å². The van der Waals surface area contributed by atoms with Gasteiger partial charge in [-0.15, -0.1) is 0 Å². The normalized spacial score (nSPS) is 14.4. The largest absolute Gasteiger partial charge is 0.368 e. The molecule has 4 nitrogen and oxygen atoms in total. The van der Waals surface area contributed by atoms with Crippen LogP contribution < -0.4 is 5.32 Å². The van der Waals surface area contributed by atoms with Crippen LogP contribution in [0.3, 0.4) is 0 Å². The van der Waals surface area contributed by atoms with Crippen LogP contribution in [-0.4, -0.2) is 23.1 Å². The van der Waals surface area contributed by atoms with Crippen molar-refractivity contribution in [3.05, 3.63) is 22.8 Å². The van der Waals surface area contributed by atoms with Gasteiger partial charge in [0.15, 0.2) is 5.82 Å². The molecule has 0 saturated heterocycles.